The molecule has 1 rings (SSSR count). The van der Waals surface area contributed by atoms with Crippen molar-refractivity contribution < 1.29 is 4.52 Å². The second kappa shape index (κ2) is 4.55. The van der Waals surface area contributed by atoms with Crippen LogP contribution in [0.1, 0.15) is 13.8 Å². The van der Waals surface area contributed by atoms with Gasteiger partial charge in [-0.15, -0.1) is 0 Å². The van der Waals surface area contributed by atoms with Crippen molar-refractivity contribution in [1.29, 1.82) is 0 Å². The van der Waals surface area contributed by atoms with Crippen LogP contribution in [0.2, 0.25) is 0 Å². The Kier molecular flexibility index (Phi) is 3.95. The van der Waals surface area contributed by atoms with Gasteiger partial charge < -0.3 is 9.42 Å². The second-order valence-corrected chi connectivity index (χ2v) is 5.89. The summed E-state index contributed by atoms with van der Waals surface area (Å²) in [5.74, 6) is 0.714. The Morgan fingerprint density at radius 2 is 2.17 bits per heavy atom. The molecule has 12 heavy (non-hydrogen) atoms. The van der Waals surface area contributed by atoms with Gasteiger partial charge in [0.15, 0.2) is 0 Å². The molecule has 0 aromatic carbocycles. The molecule has 0 saturated carbocycles. The molecule has 0 aromatic heterocycles. The molecule has 72 valence electrons. The van der Waals surface area contributed by atoms with Crippen LogP contribution in [0.25, 0.3) is 0 Å². The predicted molar refractivity (Wildman–Crippen MR) is 54.9 cm³/mol. The van der Waals surface area contributed by atoms with Crippen molar-refractivity contribution >= 4 is 8.15 Å². The molecular weight excluding hydrogens is 169 g/mol. The molecule has 1 saturated heterocycles. The van der Waals surface area contributed by atoms with Gasteiger partial charge in [0.2, 0.25) is 0 Å². The molecule has 1 aliphatic rings. The SMILES string of the molecule is CCP(C)O[C@@H]1CN(C)C[C@H]1C. The summed E-state index contributed by atoms with van der Waals surface area (Å²) in [6.07, 6.45) is 1.67. The van der Waals surface area contributed by atoms with E-state index in [9.17, 15) is 0 Å². The fraction of sp³-hybridized carbons (Fsp3) is 1.00. The Bertz CT molecular complexity index is 142. The monoisotopic (exact) mass is 189 g/mol. The number of hydrogen-bond donors (Lipinski definition) is 0. The van der Waals surface area contributed by atoms with E-state index in [0.29, 0.717) is 12.0 Å². The first-order valence-electron chi connectivity index (χ1n) is 4.70. The molecule has 3 heteroatoms. The third-order valence-corrected chi connectivity index (χ3v) is 4.01. The lowest BCUT2D eigenvalue weighted by atomic mass is 10.1. The number of nitrogens with zero attached hydrogens (tertiary/aromatic N) is 1. The van der Waals surface area contributed by atoms with Crippen LogP contribution in [0.5, 0.6) is 0 Å². The van der Waals surface area contributed by atoms with Crippen molar-refractivity contribution in [3.63, 3.8) is 0 Å². The van der Waals surface area contributed by atoms with Gasteiger partial charge in [-0.1, -0.05) is 13.8 Å². The minimum absolute atomic E-state index is 0.162. The zero-order valence-corrected chi connectivity index (χ0v) is 9.47. The number of hydrogen-bond acceptors (Lipinski definition) is 2. The molecule has 0 radical (unpaired) electrons. The summed E-state index contributed by atoms with van der Waals surface area (Å²) in [7, 11) is 2.01. The molecule has 0 aliphatic carbocycles. The zero-order valence-electron chi connectivity index (χ0n) is 8.58. The van der Waals surface area contributed by atoms with Crippen LogP contribution in [-0.4, -0.2) is 44.0 Å². The molecule has 0 N–H and O–H groups in total. The third kappa shape index (κ3) is 2.69. The highest BCUT2D eigenvalue weighted by molar-refractivity contribution is 7.51. The molecule has 1 unspecified atom stereocenters. The van der Waals surface area contributed by atoms with Gasteiger partial charge in [-0.05, 0) is 25.8 Å². The number of rotatable bonds is 3. The molecule has 0 aromatic rings. The van der Waals surface area contributed by atoms with E-state index >= 15 is 0 Å². The maximum atomic E-state index is 5.97. The summed E-state index contributed by atoms with van der Waals surface area (Å²) >= 11 is 0. The Balaban J connectivity index is 2.32. The van der Waals surface area contributed by atoms with Gasteiger partial charge in [0, 0.05) is 21.2 Å². The van der Waals surface area contributed by atoms with E-state index in [1.54, 1.807) is 0 Å². The van der Waals surface area contributed by atoms with Crippen LogP contribution in [0.3, 0.4) is 0 Å². The highest BCUT2D eigenvalue weighted by Crippen LogP contribution is 2.36. The van der Waals surface area contributed by atoms with Gasteiger partial charge in [-0.25, -0.2) is 0 Å². The third-order valence-electron chi connectivity index (χ3n) is 2.49. The van der Waals surface area contributed by atoms with Crippen molar-refractivity contribution in [1.82, 2.24) is 4.90 Å². The van der Waals surface area contributed by atoms with Crippen LogP contribution < -0.4 is 0 Å². The minimum Gasteiger partial charge on any atom is -0.355 e. The molecule has 1 fully saturated rings. The number of likely N-dealkylation sites (tertiary alicyclic amines) is 1. The summed E-state index contributed by atoms with van der Waals surface area (Å²) < 4.78 is 5.97. The van der Waals surface area contributed by atoms with Crippen molar-refractivity contribution in [2.24, 2.45) is 5.92 Å². The van der Waals surface area contributed by atoms with E-state index < -0.39 is 0 Å². The topological polar surface area (TPSA) is 12.5 Å². The molecule has 0 amide bonds. The Labute approximate surface area is 77.1 Å². The van der Waals surface area contributed by atoms with Crippen LogP contribution in [0.4, 0.5) is 0 Å². The van der Waals surface area contributed by atoms with E-state index in [-0.39, 0.29) is 8.15 Å². The second-order valence-electron chi connectivity index (χ2n) is 3.79. The molecule has 0 spiro atoms. The smallest absolute Gasteiger partial charge is 0.0782 e. The highest BCUT2D eigenvalue weighted by Gasteiger charge is 2.28. The molecule has 1 aliphatic heterocycles. The Hall–Kier alpha value is 0.350. The average Bonchev–Trinajstić information content (AvgIpc) is 2.30. The van der Waals surface area contributed by atoms with E-state index in [4.69, 9.17) is 4.52 Å². The van der Waals surface area contributed by atoms with Gasteiger partial charge in [0.25, 0.3) is 0 Å². The first-order chi connectivity index (χ1) is 5.63. The maximum Gasteiger partial charge on any atom is 0.0782 e. The summed E-state index contributed by atoms with van der Waals surface area (Å²) in [5.41, 5.74) is 0. The van der Waals surface area contributed by atoms with E-state index in [1.165, 1.54) is 12.7 Å². The molecule has 2 nitrogen and oxygen atoms in total. The minimum atomic E-state index is -0.162. The fourth-order valence-electron chi connectivity index (χ4n) is 1.61. The van der Waals surface area contributed by atoms with Crippen molar-refractivity contribution in [3.05, 3.63) is 0 Å². The largest absolute Gasteiger partial charge is 0.355 e. The summed E-state index contributed by atoms with van der Waals surface area (Å²) in [5, 5.41) is 0. The quantitative estimate of drug-likeness (QED) is 0.630. The average molecular weight is 189 g/mol. The van der Waals surface area contributed by atoms with E-state index in [0.717, 1.165) is 6.54 Å². The lowest BCUT2D eigenvalue weighted by Gasteiger charge is -2.19. The van der Waals surface area contributed by atoms with Crippen molar-refractivity contribution in [3.8, 4) is 0 Å². The molecule has 1 heterocycles. The van der Waals surface area contributed by atoms with Gasteiger partial charge in [-0.2, -0.15) is 0 Å². The first-order valence-corrected chi connectivity index (χ1v) is 6.59. The fourth-order valence-corrected chi connectivity index (χ4v) is 2.50. The highest BCUT2D eigenvalue weighted by atomic mass is 31.1. The van der Waals surface area contributed by atoms with Crippen LogP contribution >= 0.6 is 8.15 Å². The summed E-state index contributed by atoms with van der Waals surface area (Å²) in [6.45, 7) is 9.02. The summed E-state index contributed by atoms with van der Waals surface area (Å²) in [6, 6.07) is 0. The van der Waals surface area contributed by atoms with Crippen LogP contribution in [0, 0.1) is 5.92 Å². The first kappa shape index (κ1) is 10.4. The number of likely N-dealkylation sites (N-methyl/N-ethyl adjacent to an activating group) is 1. The van der Waals surface area contributed by atoms with Gasteiger partial charge in [0.1, 0.15) is 0 Å². The lowest BCUT2D eigenvalue weighted by molar-refractivity contribution is 0.199. The van der Waals surface area contributed by atoms with Gasteiger partial charge in [-0.3, -0.25) is 0 Å². The van der Waals surface area contributed by atoms with Crippen LogP contribution in [0.15, 0.2) is 0 Å². The Morgan fingerprint density at radius 1 is 1.50 bits per heavy atom. The Morgan fingerprint density at radius 3 is 2.58 bits per heavy atom. The van der Waals surface area contributed by atoms with Crippen molar-refractivity contribution in [2.45, 2.75) is 20.0 Å². The van der Waals surface area contributed by atoms with E-state index in [2.05, 4.69) is 32.5 Å². The maximum absolute atomic E-state index is 5.97. The zero-order chi connectivity index (χ0) is 9.14. The molecule has 3 atom stereocenters. The normalized spacial score (nSPS) is 34.0. The van der Waals surface area contributed by atoms with Gasteiger partial charge in [0.05, 0.1) is 6.10 Å². The van der Waals surface area contributed by atoms with Gasteiger partial charge >= 0.3 is 0 Å². The van der Waals surface area contributed by atoms with Crippen LogP contribution in [-0.2, 0) is 4.52 Å². The van der Waals surface area contributed by atoms with Crippen molar-refractivity contribution in [2.75, 3.05) is 33.0 Å². The lowest BCUT2D eigenvalue weighted by Crippen LogP contribution is -2.19. The molecule has 0 bridgehead atoms. The van der Waals surface area contributed by atoms with E-state index in [1.807, 2.05) is 0 Å². The molecular formula is C9H20NOP. The summed E-state index contributed by atoms with van der Waals surface area (Å²) in [4.78, 5) is 2.36. The predicted octanol–water partition coefficient (Wildman–Crippen LogP) is 2.00. The standard InChI is InChI=1S/C9H20NOP/c1-5-12(4)11-9-7-10(3)6-8(9)2/h8-9H,5-7H2,1-4H3/t8-,9-,12?/m1/s1.